The van der Waals surface area contributed by atoms with E-state index in [1.54, 1.807) is 5.32 Å². The second-order valence-corrected chi connectivity index (χ2v) is 7.16. The number of halogens is 2. The summed E-state index contributed by atoms with van der Waals surface area (Å²) in [5.74, 6) is -5.62. The molecule has 1 unspecified atom stereocenters. The summed E-state index contributed by atoms with van der Waals surface area (Å²) in [5.41, 5.74) is 4.08. The number of carboxylic acids is 1. The van der Waals surface area contributed by atoms with E-state index in [0.29, 0.717) is 0 Å². The molecular weight excluding hydrogens is 422 g/mol. The number of carbonyl (C=O) groups excluding carboxylic acids is 2. The third kappa shape index (κ3) is 4.86. The molecule has 7 nitrogen and oxygen atoms in total. The molecule has 0 radical (unpaired) electrons. The van der Waals surface area contributed by atoms with Gasteiger partial charge >= 0.3 is 18.0 Å². The molecule has 1 atom stereocenters. The average Bonchev–Trinajstić information content (AvgIpc) is 3.09. The molecule has 0 saturated heterocycles. The summed E-state index contributed by atoms with van der Waals surface area (Å²) in [6, 6.07) is 14.1. The van der Waals surface area contributed by atoms with E-state index in [-0.39, 0.29) is 18.9 Å². The zero-order chi connectivity index (χ0) is 23.3. The van der Waals surface area contributed by atoms with Gasteiger partial charge in [0.25, 0.3) is 0 Å². The minimum absolute atomic E-state index is 0.0126. The van der Waals surface area contributed by atoms with E-state index in [1.807, 2.05) is 48.5 Å². The van der Waals surface area contributed by atoms with Gasteiger partial charge in [0.05, 0.1) is 6.54 Å². The molecule has 1 aliphatic rings. The van der Waals surface area contributed by atoms with Gasteiger partial charge in [-0.2, -0.15) is 8.78 Å². The van der Waals surface area contributed by atoms with Crippen molar-refractivity contribution in [1.82, 2.24) is 10.6 Å². The molecular formula is C23H20F2N2O5. The second kappa shape index (κ2) is 9.47. The Kier molecular flexibility index (Phi) is 6.73. The third-order valence-corrected chi connectivity index (χ3v) is 5.07. The predicted octanol–water partition coefficient (Wildman–Crippen LogP) is 2.75. The van der Waals surface area contributed by atoms with Gasteiger partial charge in [0.1, 0.15) is 12.6 Å². The van der Waals surface area contributed by atoms with Gasteiger partial charge in [-0.05, 0) is 22.3 Å². The van der Waals surface area contributed by atoms with Crippen molar-refractivity contribution in [2.75, 3.05) is 13.2 Å². The van der Waals surface area contributed by atoms with E-state index in [4.69, 9.17) is 16.3 Å². The monoisotopic (exact) mass is 442 g/mol. The second-order valence-electron chi connectivity index (χ2n) is 7.16. The summed E-state index contributed by atoms with van der Waals surface area (Å²) in [7, 11) is 0. The molecule has 2 aromatic carbocycles. The van der Waals surface area contributed by atoms with E-state index in [0.717, 1.165) is 22.3 Å². The molecule has 0 aliphatic heterocycles. The van der Waals surface area contributed by atoms with Crippen LogP contribution in [0.5, 0.6) is 0 Å². The van der Waals surface area contributed by atoms with Crippen LogP contribution in [0.4, 0.5) is 13.6 Å². The first kappa shape index (κ1) is 22.7. The topological polar surface area (TPSA) is 105 Å². The lowest BCUT2D eigenvalue weighted by Gasteiger charge is -2.19. The van der Waals surface area contributed by atoms with Crippen LogP contribution in [-0.2, 0) is 14.3 Å². The maximum Gasteiger partial charge on any atom is 0.407 e. The number of terminal acetylenes is 1. The van der Waals surface area contributed by atoms with Gasteiger partial charge in [0, 0.05) is 12.3 Å². The highest BCUT2D eigenvalue weighted by atomic mass is 19.3. The van der Waals surface area contributed by atoms with Crippen molar-refractivity contribution in [3.8, 4) is 23.5 Å². The number of alkyl halides is 2. The summed E-state index contributed by atoms with van der Waals surface area (Å²) in [5, 5.41) is 12.5. The van der Waals surface area contributed by atoms with Crippen molar-refractivity contribution < 1.29 is 33.0 Å². The molecule has 9 heteroatoms. The molecule has 0 bridgehead atoms. The number of hydrogen-bond donors (Lipinski definition) is 3. The first-order valence-electron chi connectivity index (χ1n) is 9.68. The molecule has 0 aromatic heterocycles. The van der Waals surface area contributed by atoms with Crippen LogP contribution in [-0.4, -0.2) is 48.2 Å². The van der Waals surface area contributed by atoms with Crippen molar-refractivity contribution >= 4 is 18.0 Å². The smallest absolute Gasteiger partial charge is 0.407 e. The van der Waals surface area contributed by atoms with Crippen LogP contribution in [0.25, 0.3) is 11.1 Å². The standard InChI is InChI=1S/C23H20F2N2O5/c1-2-7-19(20(28)26-13-23(24,25)21(29)30)27-22(31)32-12-18-16-10-5-3-8-14(16)15-9-4-6-11-17(15)18/h1,3-6,8-11,18-19H,7,12-13H2,(H,26,28)(H,27,31)(H,29,30). The molecule has 3 N–H and O–H groups in total. The van der Waals surface area contributed by atoms with Crippen molar-refractivity contribution in [3.63, 3.8) is 0 Å². The molecule has 2 aromatic rings. The highest BCUT2D eigenvalue weighted by molar-refractivity contribution is 5.87. The van der Waals surface area contributed by atoms with Gasteiger partial charge in [-0.15, -0.1) is 12.3 Å². The predicted molar refractivity (Wildman–Crippen MR) is 111 cm³/mol. The number of carbonyl (C=O) groups is 3. The van der Waals surface area contributed by atoms with Crippen LogP contribution in [0.3, 0.4) is 0 Å². The Morgan fingerprint density at radius 1 is 1.09 bits per heavy atom. The number of alkyl carbamates (subject to hydrolysis) is 1. The SMILES string of the molecule is C#CCC(NC(=O)OCC1c2ccccc2-c2ccccc21)C(=O)NCC(F)(F)C(=O)O. The Morgan fingerprint density at radius 2 is 1.66 bits per heavy atom. The third-order valence-electron chi connectivity index (χ3n) is 5.07. The molecule has 0 heterocycles. The lowest BCUT2D eigenvalue weighted by atomic mass is 9.98. The maximum absolute atomic E-state index is 13.2. The van der Waals surface area contributed by atoms with Crippen LogP contribution in [0.1, 0.15) is 23.5 Å². The van der Waals surface area contributed by atoms with Gasteiger partial charge in [-0.1, -0.05) is 48.5 Å². The van der Waals surface area contributed by atoms with E-state index in [2.05, 4.69) is 11.2 Å². The molecule has 2 amide bonds. The number of aliphatic carboxylic acids is 1. The summed E-state index contributed by atoms with van der Waals surface area (Å²) in [6.07, 6.45) is 3.94. The van der Waals surface area contributed by atoms with Crippen molar-refractivity contribution in [2.24, 2.45) is 0 Å². The van der Waals surface area contributed by atoms with Crippen molar-refractivity contribution in [1.29, 1.82) is 0 Å². The van der Waals surface area contributed by atoms with Crippen molar-refractivity contribution in [2.45, 2.75) is 24.3 Å². The Balaban J connectivity index is 1.62. The summed E-state index contributed by atoms with van der Waals surface area (Å²) < 4.78 is 31.7. The highest BCUT2D eigenvalue weighted by Crippen LogP contribution is 2.44. The van der Waals surface area contributed by atoms with Crippen LogP contribution in [0, 0.1) is 12.3 Å². The molecule has 0 fully saturated rings. The highest BCUT2D eigenvalue weighted by Gasteiger charge is 2.39. The Labute approximate surface area is 182 Å². The van der Waals surface area contributed by atoms with Gasteiger partial charge in [-0.25, -0.2) is 9.59 Å². The number of carboxylic acid groups (broad SMARTS) is 1. The minimum atomic E-state index is -4.15. The lowest BCUT2D eigenvalue weighted by Crippen LogP contribution is -2.50. The average molecular weight is 442 g/mol. The van der Waals surface area contributed by atoms with Gasteiger partial charge < -0.3 is 20.5 Å². The molecule has 166 valence electrons. The number of ether oxygens (including phenoxy) is 1. The Hall–Kier alpha value is -3.93. The summed E-state index contributed by atoms with van der Waals surface area (Å²) in [4.78, 5) is 34.9. The Bertz CT molecular complexity index is 1030. The normalized spacial score (nSPS) is 13.3. The van der Waals surface area contributed by atoms with E-state index < -0.39 is 36.5 Å². The molecule has 1 aliphatic carbocycles. The fourth-order valence-corrected chi connectivity index (χ4v) is 3.51. The quantitative estimate of drug-likeness (QED) is 0.546. The number of amides is 2. The molecule has 3 rings (SSSR count). The molecule has 0 spiro atoms. The zero-order valence-electron chi connectivity index (χ0n) is 16.8. The number of benzene rings is 2. The Morgan fingerprint density at radius 3 is 2.19 bits per heavy atom. The number of rotatable bonds is 8. The largest absolute Gasteiger partial charge is 0.477 e. The van der Waals surface area contributed by atoms with E-state index in [1.165, 1.54) is 0 Å². The number of hydrogen-bond acceptors (Lipinski definition) is 4. The van der Waals surface area contributed by atoms with Gasteiger partial charge in [0.15, 0.2) is 0 Å². The molecule has 32 heavy (non-hydrogen) atoms. The fraction of sp³-hybridized carbons (Fsp3) is 0.261. The maximum atomic E-state index is 13.2. The first-order chi connectivity index (χ1) is 15.2. The zero-order valence-corrected chi connectivity index (χ0v) is 16.8. The number of nitrogens with one attached hydrogen (secondary N) is 2. The fourth-order valence-electron chi connectivity index (χ4n) is 3.51. The van der Waals surface area contributed by atoms with Gasteiger partial charge in [-0.3, -0.25) is 4.79 Å². The lowest BCUT2D eigenvalue weighted by molar-refractivity contribution is -0.164. The van der Waals surface area contributed by atoms with Crippen LogP contribution in [0.2, 0.25) is 0 Å². The minimum Gasteiger partial charge on any atom is -0.477 e. The van der Waals surface area contributed by atoms with Crippen molar-refractivity contribution in [3.05, 3.63) is 59.7 Å². The van der Waals surface area contributed by atoms with E-state index in [9.17, 15) is 23.2 Å². The number of fused-ring (bicyclic) bond motifs is 3. The van der Waals surface area contributed by atoms with Crippen LogP contribution < -0.4 is 10.6 Å². The molecule has 0 saturated carbocycles. The van der Waals surface area contributed by atoms with E-state index >= 15 is 0 Å². The van der Waals surface area contributed by atoms with Crippen LogP contribution in [0.15, 0.2) is 48.5 Å². The van der Waals surface area contributed by atoms with Crippen LogP contribution >= 0.6 is 0 Å². The first-order valence-corrected chi connectivity index (χ1v) is 9.68. The van der Waals surface area contributed by atoms with Gasteiger partial charge in [0.2, 0.25) is 5.91 Å². The summed E-state index contributed by atoms with van der Waals surface area (Å²) in [6.45, 7) is -1.45. The summed E-state index contributed by atoms with van der Waals surface area (Å²) >= 11 is 0.